The summed E-state index contributed by atoms with van der Waals surface area (Å²) in [7, 11) is 1.52. The van der Waals surface area contributed by atoms with Crippen molar-refractivity contribution in [1.82, 2.24) is 9.38 Å². The van der Waals surface area contributed by atoms with Gasteiger partial charge in [-0.2, -0.15) is 0 Å². The Hall–Kier alpha value is -3.58. The molecular formula is C21H15ClN2O5. The number of fused-ring (bicyclic) bond motifs is 2. The molecule has 0 aliphatic heterocycles. The molecule has 0 atom stereocenters. The SMILES string of the molecule is COc1ccc2c(COC(=O)/C=C/c3c(Cl)nc4ccccn34)cc(=O)oc2c1. The lowest BCUT2D eigenvalue weighted by molar-refractivity contribution is -0.138. The van der Waals surface area contributed by atoms with Crippen LogP contribution in [-0.2, 0) is 16.1 Å². The molecule has 0 N–H and O–H groups in total. The summed E-state index contributed by atoms with van der Waals surface area (Å²) < 4.78 is 17.4. The van der Waals surface area contributed by atoms with Gasteiger partial charge in [-0.25, -0.2) is 14.6 Å². The predicted molar refractivity (Wildman–Crippen MR) is 108 cm³/mol. The van der Waals surface area contributed by atoms with E-state index >= 15 is 0 Å². The summed E-state index contributed by atoms with van der Waals surface area (Å²) in [6.45, 7) is -0.0848. The first kappa shape index (κ1) is 18.8. The minimum absolute atomic E-state index is 0.0848. The van der Waals surface area contributed by atoms with Crippen LogP contribution in [0.3, 0.4) is 0 Å². The molecule has 0 fully saturated rings. The molecular weight excluding hydrogens is 396 g/mol. The van der Waals surface area contributed by atoms with Gasteiger partial charge in [-0.1, -0.05) is 17.7 Å². The average Bonchev–Trinajstić information content (AvgIpc) is 3.04. The van der Waals surface area contributed by atoms with Gasteiger partial charge in [-0.3, -0.25) is 4.40 Å². The molecule has 0 bridgehead atoms. The maximum Gasteiger partial charge on any atom is 0.336 e. The van der Waals surface area contributed by atoms with Crippen LogP contribution in [0.25, 0.3) is 22.7 Å². The first-order valence-electron chi connectivity index (χ1n) is 8.63. The third-order valence-corrected chi connectivity index (χ3v) is 4.58. The second kappa shape index (κ2) is 7.81. The zero-order chi connectivity index (χ0) is 20.4. The second-order valence-corrected chi connectivity index (χ2v) is 6.47. The number of methoxy groups -OCH3 is 1. The number of imidazole rings is 1. The molecule has 3 heterocycles. The molecule has 1 aromatic carbocycles. The van der Waals surface area contributed by atoms with Gasteiger partial charge in [0.15, 0.2) is 5.15 Å². The van der Waals surface area contributed by atoms with Gasteiger partial charge in [0.05, 0.1) is 12.8 Å². The fourth-order valence-electron chi connectivity index (χ4n) is 2.94. The Morgan fingerprint density at radius 1 is 1.28 bits per heavy atom. The van der Waals surface area contributed by atoms with E-state index < -0.39 is 11.6 Å². The minimum Gasteiger partial charge on any atom is -0.497 e. The summed E-state index contributed by atoms with van der Waals surface area (Å²) in [6, 6.07) is 11.9. The Labute approximate surface area is 169 Å². The smallest absolute Gasteiger partial charge is 0.336 e. The fourth-order valence-corrected chi connectivity index (χ4v) is 3.18. The van der Waals surface area contributed by atoms with Crippen molar-refractivity contribution in [3.63, 3.8) is 0 Å². The van der Waals surface area contributed by atoms with Crippen LogP contribution in [0.15, 0.2) is 63.9 Å². The van der Waals surface area contributed by atoms with E-state index in [1.165, 1.54) is 25.3 Å². The second-order valence-electron chi connectivity index (χ2n) is 6.11. The van der Waals surface area contributed by atoms with E-state index in [-0.39, 0.29) is 11.8 Å². The molecule has 3 aromatic heterocycles. The molecule has 0 unspecified atom stereocenters. The van der Waals surface area contributed by atoms with Gasteiger partial charge in [-0.05, 0) is 30.3 Å². The van der Waals surface area contributed by atoms with E-state index in [0.29, 0.717) is 33.6 Å². The van der Waals surface area contributed by atoms with Crippen molar-refractivity contribution in [1.29, 1.82) is 0 Å². The van der Waals surface area contributed by atoms with Crippen LogP contribution in [0, 0.1) is 0 Å². The number of nitrogens with zero attached hydrogens (tertiary/aromatic N) is 2. The first-order chi connectivity index (χ1) is 14.0. The molecule has 0 spiro atoms. The van der Waals surface area contributed by atoms with Crippen molar-refractivity contribution in [2.45, 2.75) is 6.61 Å². The zero-order valence-electron chi connectivity index (χ0n) is 15.3. The maximum absolute atomic E-state index is 12.2. The monoisotopic (exact) mass is 410 g/mol. The summed E-state index contributed by atoms with van der Waals surface area (Å²) in [5.41, 5.74) is 1.59. The zero-order valence-corrected chi connectivity index (χ0v) is 16.1. The molecule has 0 aliphatic rings. The van der Waals surface area contributed by atoms with E-state index in [1.54, 1.807) is 28.8 Å². The van der Waals surface area contributed by atoms with Gasteiger partial charge in [0.25, 0.3) is 0 Å². The predicted octanol–water partition coefficient (Wildman–Crippen LogP) is 3.86. The van der Waals surface area contributed by atoms with Crippen LogP contribution in [0.4, 0.5) is 0 Å². The van der Waals surface area contributed by atoms with Gasteiger partial charge >= 0.3 is 11.6 Å². The lowest BCUT2D eigenvalue weighted by atomic mass is 10.1. The van der Waals surface area contributed by atoms with Crippen LogP contribution in [0.5, 0.6) is 5.75 Å². The number of hydrogen-bond donors (Lipinski definition) is 0. The summed E-state index contributed by atoms with van der Waals surface area (Å²) in [6.07, 6.45) is 4.59. The number of carbonyl (C=O) groups is 1. The van der Waals surface area contributed by atoms with Gasteiger partial charge < -0.3 is 13.9 Å². The maximum atomic E-state index is 12.2. The first-order valence-corrected chi connectivity index (χ1v) is 9.01. The number of halogens is 1. The van der Waals surface area contributed by atoms with Crippen molar-refractivity contribution in [2.24, 2.45) is 0 Å². The van der Waals surface area contributed by atoms with Crippen molar-refractivity contribution in [3.8, 4) is 5.75 Å². The lowest BCUT2D eigenvalue weighted by Crippen LogP contribution is -2.05. The largest absolute Gasteiger partial charge is 0.497 e. The number of rotatable bonds is 5. The van der Waals surface area contributed by atoms with Crippen LogP contribution < -0.4 is 10.4 Å². The summed E-state index contributed by atoms with van der Waals surface area (Å²) >= 11 is 6.14. The average molecular weight is 411 g/mol. The molecule has 7 nitrogen and oxygen atoms in total. The number of pyridine rings is 1. The van der Waals surface area contributed by atoms with Crippen LogP contribution in [0.2, 0.25) is 5.15 Å². The Bertz CT molecular complexity index is 1310. The van der Waals surface area contributed by atoms with Crippen molar-refractivity contribution >= 4 is 40.3 Å². The van der Waals surface area contributed by atoms with Gasteiger partial charge in [0, 0.05) is 35.4 Å². The van der Waals surface area contributed by atoms with Crippen molar-refractivity contribution in [2.75, 3.05) is 7.11 Å². The number of benzene rings is 1. The van der Waals surface area contributed by atoms with E-state index in [2.05, 4.69) is 4.98 Å². The highest BCUT2D eigenvalue weighted by atomic mass is 35.5. The molecule has 0 radical (unpaired) electrons. The third kappa shape index (κ3) is 3.86. The normalized spacial score (nSPS) is 11.4. The van der Waals surface area contributed by atoms with E-state index in [4.69, 9.17) is 25.5 Å². The van der Waals surface area contributed by atoms with Crippen molar-refractivity contribution < 1.29 is 18.7 Å². The summed E-state index contributed by atoms with van der Waals surface area (Å²) in [5.74, 6) is -0.0236. The highest BCUT2D eigenvalue weighted by molar-refractivity contribution is 6.31. The summed E-state index contributed by atoms with van der Waals surface area (Å²) in [4.78, 5) is 28.2. The van der Waals surface area contributed by atoms with Gasteiger partial charge in [-0.15, -0.1) is 0 Å². The topological polar surface area (TPSA) is 83.0 Å². The number of esters is 1. The fraction of sp³-hybridized carbons (Fsp3) is 0.0952. The van der Waals surface area contributed by atoms with Crippen LogP contribution in [0.1, 0.15) is 11.3 Å². The number of aromatic nitrogens is 2. The molecule has 0 amide bonds. The lowest BCUT2D eigenvalue weighted by Gasteiger charge is -2.07. The molecule has 4 rings (SSSR count). The Morgan fingerprint density at radius 3 is 2.97 bits per heavy atom. The highest BCUT2D eigenvalue weighted by Crippen LogP contribution is 2.23. The molecule has 4 aromatic rings. The standard InChI is InChI=1S/C21H15ClN2O5/c1-27-14-5-6-15-13(10-20(26)29-17(15)11-14)12-28-19(25)8-7-16-21(22)23-18-4-2-3-9-24(16)18/h2-11H,12H2,1H3/b8-7+. The van der Waals surface area contributed by atoms with E-state index in [0.717, 1.165) is 0 Å². The minimum atomic E-state index is -0.582. The molecule has 29 heavy (non-hydrogen) atoms. The Balaban J connectivity index is 1.53. The van der Waals surface area contributed by atoms with Gasteiger partial charge in [0.2, 0.25) is 0 Å². The quantitative estimate of drug-likeness (QED) is 0.282. The summed E-state index contributed by atoms with van der Waals surface area (Å²) in [5, 5.41) is 0.938. The number of hydrogen-bond acceptors (Lipinski definition) is 6. The Morgan fingerprint density at radius 2 is 2.14 bits per heavy atom. The third-order valence-electron chi connectivity index (χ3n) is 4.31. The molecule has 8 heteroatoms. The highest BCUT2D eigenvalue weighted by Gasteiger charge is 2.10. The number of carbonyl (C=O) groups excluding carboxylic acids is 1. The molecule has 0 saturated heterocycles. The van der Waals surface area contributed by atoms with Gasteiger partial charge in [0.1, 0.15) is 23.6 Å². The Kier molecular flexibility index (Phi) is 5.05. The number of ether oxygens (including phenoxy) is 2. The van der Waals surface area contributed by atoms with Crippen LogP contribution in [-0.4, -0.2) is 22.5 Å². The molecule has 0 aliphatic carbocycles. The van der Waals surface area contributed by atoms with Crippen LogP contribution >= 0.6 is 11.6 Å². The molecule has 0 saturated carbocycles. The van der Waals surface area contributed by atoms with E-state index in [9.17, 15) is 9.59 Å². The van der Waals surface area contributed by atoms with E-state index in [1.807, 2.05) is 18.2 Å². The molecule has 146 valence electrons. The van der Waals surface area contributed by atoms with Crippen molar-refractivity contribution in [3.05, 3.63) is 81.6 Å².